The van der Waals surface area contributed by atoms with Crippen molar-refractivity contribution in [1.29, 1.82) is 0 Å². The molecule has 5 nitrogen and oxygen atoms in total. The predicted octanol–water partition coefficient (Wildman–Crippen LogP) is 4.08. The fourth-order valence-corrected chi connectivity index (χ4v) is 5.80. The lowest BCUT2D eigenvalue weighted by atomic mass is 9.98. The lowest BCUT2D eigenvalue weighted by Crippen LogP contribution is -2.29. The van der Waals surface area contributed by atoms with Gasteiger partial charge in [-0.15, -0.1) is 11.3 Å². The zero-order valence-corrected chi connectivity index (χ0v) is 18.3. The number of likely N-dealkylation sites (tertiary alicyclic amines) is 1. The van der Waals surface area contributed by atoms with Gasteiger partial charge >= 0.3 is 0 Å². The van der Waals surface area contributed by atoms with E-state index in [1.165, 1.54) is 28.3 Å². The highest BCUT2D eigenvalue weighted by Gasteiger charge is 2.22. The number of hydrogen-bond acceptors (Lipinski definition) is 6. The summed E-state index contributed by atoms with van der Waals surface area (Å²) in [5.74, 6) is 1.41. The van der Waals surface area contributed by atoms with Gasteiger partial charge in [0, 0.05) is 24.0 Å². The molecule has 1 fully saturated rings. The molecule has 4 rings (SSSR count). The van der Waals surface area contributed by atoms with Crippen LogP contribution in [0.4, 0.5) is 0 Å². The molecule has 7 heteroatoms. The maximum absolute atomic E-state index is 6.24. The summed E-state index contributed by atoms with van der Waals surface area (Å²) in [4.78, 5) is 12.6. The number of ether oxygens (including phenoxy) is 1. The summed E-state index contributed by atoms with van der Waals surface area (Å²) in [5.41, 5.74) is 10.5. The summed E-state index contributed by atoms with van der Waals surface area (Å²) in [7, 11) is 2.76. The molecular weight excluding hydrogens is 387 g/mol. The quantitative estimate of drug-likeness (QED) is 0.747. The third-order valence-corrected chi connectivity index (χ3v) is 7.72. The first-order valence-corrected chi connectivity index (χ1v) is 11.7. The molecule has 0 bridgehead atoms. The van der Waals surface area contributed by atoms with Crippen molar-refractivity contribution in [2.24, 2.45) is 5.73 Å². The molecule has 1 atom stereocenters. The maximum Gasteiger partial charge on any atom is 0.143 e. The van der Waals surface area contributed by atoms with Gasteiger partial charge in [-0.25, -0.2) is 4.98 Å². The van der Waals surface area contributed by atoms with E-state index in [4.69, 9.17) is 15.5 Å². The van der Waals surface area contributed by atoms with Crippen LogP contribution in [0, 0.1) is 6.92 Å². The van der Waals surface area contributed by atoms with Crippen LogP contribution in [0.2, 0.25) is 0 Å². The molecule has 1 saturated heterocycles. The fourth-order valence-electron chi connectivity index (χ4n) is 3.58. The van der Waals surface area contributed by atoms with Crippen molar-refractivity contribution in [3.05, 3.63) is 62.9 Å². The second-order valence-corrected chi connectivity index (χ2v) is 9.84. The van der Waals surface area contributed by atoms with Gasteiger partial charge in [-0.05, 0) is 75.4 Å². The Morgan fingerprint density at radius 2 is 2.14 bits per heavy atom. The Hall–Kier alpha value is -1.75. The number of piperidine rings is 1. The van der Waals surface area contributed by atoms with E-state index in [1.54, 1.807) is 0 Å². The SMILES string of the molecule is Cc1cc(COC2=C(N)PCC(c3cnc(C4CCN(C)CC4)s3)=C2)ccn1. The summed E-state index contributed by atoms with van der Waals surface area (Å²) in [6.07, 6.45) is 9.36. The average Bonchev–Trinajstić information content (AvgIpc) is 3.18. The largest absolute Gasteiger partial charge is 0.487 e. The maximum atomic E-state index is 6.24. The van der Waals surface area contributed by atoms with E-state index in [2.05, 4.69) is 23.0 Å². The van der Waals surface area contributed by atoms with Gasteiger partial charge in [0.05, 0.1) is 15.3 Å². The van der Waals surface area contributed by atoms with Crippen LogP contribution in [-0.4, -0.2) is 41.2 Å². The molecule has 28 heavy (non-hydrogen) atoms. The Morgan fingerprint density at radius 1 is 1.32 bits per heavy atom. The minimum Gasteiger partial charge on any atom is -0.487 e. The van der Waals surface area contributed by atoms with Gasteiger partial charge in [0.15, 0.2) is 0 Å². The molecule has 1 unspecified atom stereocenters. The van der Waals surface area contributed by atoms with E-state index in [-0.39, 0.29) is 0 Å². The van der Waals surface area contributed by atoms with Crippen molar-refractivity contribution in [2.75, 3.05) is 26.3 Å². The third-order valence-electron chi connectivity index (χ3n) is 5.30. The standard InChI is InChI=1S/C21H27N4OPS/c1-14-9-15(3-6-23-14)12-26-18-10-17(13-27-20(18)22)19-11-24-21(28-19)16-4-7-25(2)8-5-16/h3,6,9-11,16,27H,4-5,7-8,12-13,22H2,1-2H3. The first-order valence-electron chi connectivity index (χ1n) is 9.71. The van der Waals surface area contributed by atoms with Crippen molar-refractivity contribution in [3.63, 3.8) is 0 Å². The van der Waals surface area contributed by atoms with Crippen LogP contribution in [0.15, 0.2) is 41.8 Å². The minimum absolute atomic E-state index is 0.511. The molecule has 0 radical (unpaired) electrons. The van der Waals surface area contributed by atoms with E-state index < -0.39 is 0 Å². The third kappa shape index (κ3) is 4.62. The van der Waals surface area contributed by atoms with Crippen LogP contribution >= 0.6 is 19.9 Å². The highest BCUT2D eigenvalue weighted by Crippen LogP contribution is 2.39. The average molecular weight is 415 g/mol. The Balaban J connectivity index is 1.45. The van der Waals surface area contributed by atoms with Crippen molar-refractivity contribution in [1.82, 2.24) is 14.9 Å². The number of thiazole rings is 1. The van der Waals surface area contributed by atoms with Gasteiger partial charge in [-0.1, -0.05) is 8.58 Å². The summed E-state index contributed by atoms with van der Waals surface area (Å²) < 4.78 is 6.06. The summed E-state index contributed by atoms with van der Waals surface area (Å²) in [5, 5.41) is 1.28. The van der Waals surface area contributed by atoms with Gasteiger partial charge in [-0.2, -0.15) is 0 Å². The highest BCUT2D eigenvalue weighted by atomic mass is 32.1. The van der Waals surface area contributed by atoms with E-state index in [9.17, 15) is 0 Å². The topological polar surface area (TPSA) is 64.3 Å². The van der Waals surface area contributed by atoms with Crippen molar-refractivity contribution >= 4 is 25.5 Å². The van der Waals surface area contributed by atoms with E-state index in [1.807, 2.05) is 42.8 Å². The van der Waals surface area contributed by atoms with Gasteiger partial charge in [0.2, 0.25) is 0 Å². The van der Waals surface area contributed by atoms with Gasteiger partial charge in [-0.3, -0.25) is 4.98 Å². The Bertz CT molecular complexity index is 899. The monoisotopic (exact) mass is 414 g/mol. The van der Waals surface area contributed by atoms with Crippen LogP contribution in [0.3, 0.4) is 0 Å². The van der Waals surface area contributed by atoms with Gasteiger partial charge in [0.25, 0.3) is 0 Å². The smallest absolute Gasteiger partial charge is 0.143 e. The normalized spacial score (nSPS) is 19.9. The number of nitrogens with zero attached hydrogens (tertiary/aromatic N) is 3. The van der Waals surface area contributed by atoms with Crippen molar-refractivity contribution < 1.29 is 4.74 Å². The summed E-state index contributed by atoms with van der Waals surface area (Å²) in [6, 6.07) is 4.03. The minimum atomic E-state index is 0.511. The molecular formula is C21H27N4OPS. The molecule has 2 aromatic heterocycles. The second-order valence-electron chi connectivity index (χ2n) is 7.54. The van der Waals surface area contributed by atoms with Gasteiger partial charge in [0.1, 0.15) is 12.4 Å². The number of rotatable bonds is 5. The number of aryl methyl sites for hydroxylation is 1. The molecule has 4 heterocycles. The van der Waals surface area contributed by atoms with Crippen molar-refractivity contribution in [3.8, 4) is 0 Å². The molecule has 2 N–H and O–H groups in total. The molecule has 0 amide bonds. The highest BCUT2D eigenvalue weighted by molar-refractivity contribution is 7.43. The van der Waals surface area contributed by atoms with E-state index in [0.717, 1.165) is 41.7 Å². The molecule has 2 aromatic rings. The number of aromatic nitrogens is 2. The molecule has 0 spiro atoms. The first-order chi connectivity index (χ1) is 13.6. The Morgan fingerprint density at radius 3 is 2.93 bits per heavy atom. The Labute approximate surface area is 172 Å². The zero-order valence-electron chi connectivity index (χ0n) is 16.4. The molecule has 148 valence electrons. The number of pyridine rings is 1. The van der Waals surface area contributed by atoms with Crippen LogP contribution < -0.4 is 5.73 Å². The van der Waals surface area contributed by atoms with E-state index in [0.29, 0.717) is 21.1 Å². The summed E-state index contributed by atoms with van der Waals surface area (Å²) >= 11 is 1.85. The molecule has 2 aliphatic heterocycles. The second kappa shape index (κ2) is 8.73. The Kier molecular flexibility index (Phi) is 6.10. The summed E-state index contributed by atoms with van der Waals surface area (Å²) in [6.45, 7) is 4.82. The molecule has 0 saturated carbocycles. The number of nitrogens with two attached hydrogens (primary N) is 1. The molecule has 0 aromatic carbocycles. The molecule has 0 aliphatic carbocycles. The van der Waals surface area contributed by atoms with Crippen LogP contribution in [0.5, 0.6) is 0 Å². The lowest BCUT2D eigenvalue weighted by Gasteiger charge is -2.27. The lowest BCUT2D eigenvalue weighted by molar-refractivity contribution is 0.209. The predicted molar refractivity (Wildman–Crippen MR) is 118 cm³/mol. The molecule has 2 aliphatic rings. The van der Waals surface area contributed by atoms with Gasteiger partial charge < -0.3 is 15.4 Å². The zero-order chi connectivity index (χ0) is 19.5. The first kappa shape index (κ1) is 19.6. The van der Waals surface area contributed by atoms with E-state index >= 15 is 0 Å². The fraction of sp³-hybridized carbons (Fsp3) is 0.429. The van der Waals surface area contributed by atoms with Crippen LogP contribution in [0.1, 0.15) is 39.9 Å². The van der Waals surface area contributed by atoms with Crippen molar-refractivity contribution in [2.45, 2.75) is 32.3 Å². The van der Waals surface area contributed by atoms with Crippen LogP contribution in [0.25, 0.3) is 5.57 Å². The number of allylic oxidation sites excluding steroid dienone is 2. The number of hydrogen-bond donors (Lipinski definition) is 1. The van der Waals surface area contributed by atoms with Crippen LogP contribution in [-0.2, 0) is 11.3 Å².